The van der Waals surface area contributed by atoms with Crippen LogP contribution >= 0.6 is 0 Å². The normalized spacial score (nSPS) is 39.6. The SMILES string of the molecule is COc1cc([C@H]2[C@@]3(O)[C@@H](O)[C@H]4C[C@]2(O)[C@](O)(C(=O)O4)[C@H]3C(=O)c2ccccc2)oc(=O)c1. The number of fused-ring (bicyclic) bond motifs is 2. The standard InChI is InChI=1S/C22H20O10/c1-30-11-7-12(31-14(23)8-11)16-20(27)9-13-18(25)21(16,28)17(22(20,29)19(26)32-13)15(24)10-5-3-2-4-6-10/h2-8,13,16-18,25,27-29H,9H2,1H3/t13-,16-,17+,18+,20-,21+,22-/m1/s1. The molecular formula is C22H20O10. The smallest absolute Gasteiger partial charge is 0.342 e. The first-order valence-corrected chi connectivity index (χ1v) is 9.93. The van der Waals surface area contributed by atoms with Crippen LogP contribution in [0, 0.1) is 5.92 Å². The van der Waals surface area contributed by atoms with Gasteiger partial charge in [0, 0.05) is 18.1 Å². The molecule has 2 aliphatic carbocycles. The number of methoxy groups -OCH3 is 1. The molecule has 10 nitrogen and oxygen atoms in total. The number of Topliss-reactive ketones (excluding diaryl/α,β-unsaturated/α-hetero) is 1. The van der Waals surface area contributed by atoms with Crippen molar-refractivity contribution >= 4 is 11.8 Å². The van der Waals surface area contributed by atoms with Crippen molar-refractivity contribution in [2.75, 3.05) is 7.11 Å². The number of hydrogen-bond acceptors (Lipinski definition) is 10. The summed E-state index contributed by atoms with van der Waals surface area (Å²) in [6.45, 7) is 0. The molecule has 3 fully saturated rings. The quantitative estimate of drug-likeness (QED) is 0.344. The predicted octanol–water partition coefficient (Wildman–Crippen LogP) is -0.872. The van der Waals surface area contributed by atoms with Crippen molar-refractivity contribution in [2.24, 2.45) is 5.92 Å². The van der Waals surface area contributed by atoms with Gasteiger partial charge in [0.1, 0.15) is 34.9 Å². The van der Waals surface area contributed by atoms with Crippen LogP contribution in [0.15, 0.2) is 51.7 Å². The third kappa shape index (κ3) is 2.29. The van der Waals surface area contributed by atoms with Crippen LogP contribution in [0.3, 0.4) is 0 Å². The fourth-order valence-corrected chi connectivity index (χ4v) is 5.68. The zero-order chi connectivity index (χ0) is 23.1. The van der Waals surface area contributed by atoms with Gasteiger partial charge >= 0.3 is 11.6 Å². The predicted molar refractivity (Wildman–Crippen MR) is 104 cm³/mol. The first-order chi connectivity index (χ1) is 15.1. The largest absolute Gasteiger partial charge is 0.496 e. The third-order valence-electron chi connectivity index (χ3n) is 6.99. The molecular weight excluding hydrogens is 424 g/mol. The molecule has 168 valence electrons. The van der Waals surface area contributed by atoms with Crippen LogP contribution in [0.25, 0.3) is 0 Å². The highest BCUT2D eigenvalue weighted by molar-refractivity contribution is 6.05. The minimum absolute atomic E-state index is 0.0218. The Morgan fingerprint density at radius 3 is 2.47 bits per heavy atom. The number of carbonyl (C=O) groups is 2. The molecule has 32 heavy (non-hydrogen) atoms. The molecule has 3 aliphatic rings. The number of esters is 1. The Kier molecular flexibility index (Phi) is 4.22. The molecule has 2 saturated carbocycles. The molecule has 10 heteroatoms. The van der Waals surface area contributed by atoms with Gasteiger partial charge in [-0.2, -0.15) is 0 Å². The van der Waals surface area contributed by atoms with Gasteiger partial charge in [-0.15, -0.1) is 0 Å². The summed E-state index contributed by atoms with van der Waals surface area (Å²) in [5, 5.41) is 46.1. The van der Waals surface area contributed by atoms with Crippen molar-refractivity contribution in [3.8, 4) is 5.75 Å². The van der Waals surface area contributed by atoms with Gasteiger partial charge in [-0.3, -0.25) is 4.79 Å². The van der Waals surface area contributed by atoms with Crippen LogP contribution in [0.5, 0.6) is 5.75 Å². The van der Waals surface area contributed by atoms with E-state index in [2.05, 4.69) is 0 Å². The van der Waals surface area contributed by atoms with Crippen LogP contribution in [0.2, 0.25) is 0 Å². The van der Waals surface area contributed by atoms with Gasteiger partial charge in [0.15, 0.2) is 5.78 Å². The Bertz CT molecular complexity index is 1170. The second-order valence-corrected chi connectivity index (χ2v) is 8.49. The zero-order valence-electron chi connectivity index (χ0n) is 16.8. The van der Waals surface area contributed by atoms with Crippen LogP contribution in [-0.2, 0) is 9.53 Å². The van der Waals surface area contributed by atoms with Gasteiger partial charge in [-0.1, -0.05) is 30.3 Å². The molecule has 0 amide bonds. The molecule has 7 atom stereocenters. The first kappa shape index (κ1) is 20.8. The first-order valence-electron chi connectivity index (χ1n) is 9.93. The zero-order valence-corrected chi connectivity index (χ0v) is 16.8. The molecule has 3 bridgehead atoms. The van der Waals surface area contributed by atoms with Gasteiger partial charge in [0.25, 0.3) is 0 Å². The topological polar surface area (TPSA) is 164 Å². The van der Waals surface area contributed by atoms with Crippen LogP contribution in [-0.4, -0.2) is 68.3 Å². The van der Waals surface area contributed by atoms with Crippen molar-refractivity contribution in [3.05, 3.63) is 64.2 Å². The van der Waals surface area contributed by atoms with E-state index in [4.69, 9.17) is 13.9 Å². The number of rotatable bonds is 4. The number of aliphatic hydroxyl groups is 4. The number of benzene rings is 1. The highest BCUT2D eigenvalue weighted by atomic mass is 16.6. The van der Waals surface area contributed by atoms with E-state index >= 15 is 0 Å². The van der Waals surface area contributed by atoms with E-state index in [1.54, 1.807) is 18.2 Å². The number of carbonyl (C=O) groups excluding carboxylic acids is 2. The summed E-state index contributed by atoms with van der Waals surface area (Å²) in [5.74, 6) is -6.31. The van der Waals surface area contributed by atoms with E-state index in [0.29, 0.717) is 0 Å². The van der Waals surface area contributed by atoms with Gasteiger partial charge in [-0.05, 0) is 0 Å². The maximum atomic E-state index is 13.5. The van der Waals surface area contributed by atoms with Gasteiger partial charge in [-0.25, -0.2) is 9.59 Å². The Labute approximate surface area is 180 Å². The van der Waals surface area contributed by atoms with E-state index in [9.17, 15) is 34.8 Å². The van der Waals surface area contributed by atoms with Crippen LogP contribution in [0.4, 0.5) is 0 Å². The fraction of sp³-hybridized carbons (Fsp3) is 0.409. The van der Waals surface area contributed by atoms with Crippen molar-refractivity contribution in [1.29, 1.82) is 0 Å². The summed E-state index contributed by atoms with van der Waals surface area (Å²) < 4.78 is 15.4. The van der Waals surface area contributed by atoms with Crippen molar-refractivity contribution in [3.63, 3.8) is 0 Å². The lowest BCUT2D eigenvalue weighted by Crippen LogP contribution is -2.69. The Balaban J connectivity index is 1.80. The van der Waals surface area contributed by atoms with Crippen LogP contribution < -0.4 is 10.4 Å². The molecule has 1 saturated heterocycles. The summed E-state index contributed by atoms with van der Waals surface area (Å²) in [7, 11) is 1.28. The van der Waals surface area contributed by atoms with Gasteiger partial charge in [0.05, 0.1) is 25.0 Å². The molecule has 0 unspecified atom stereocenters. The average molecular weight is 444 g/mol. The Morgan fingerprint density at radius 1 is 1.12 bits per heavy atom. The molecule has 0 spiro atoms. The minimum Gasteiger partial charge on any atom is -0.496 e. The number of ketones is 1. The molecule has 1 aromatic carbocycles. The van der Waals surface area contributed by atoms with E-state index in [1.807, 2.05) is 0 Å². The van der Waals surface area contributed by atoms with E-state index in [-0.39, 0.29) is 17.1 Å². The molecule has 2 heterocycles. The highest BCUT2D eigenvalue weighted by Gasteiger charge is 2.88. The maximum Gasteiger partial charge on any atom is 0.342 e. The summed E-state index contributed by atoms with van der Waals surface area (Å²) >= 11 is 0. The molecule has 0 radical (unpaired) electrons. The lowest BCUT2D eigenvalue weighted by Gasteiger charge is -2.50. The highest BCUT2D eigenvalue weighted by Crippen LogP contribution is 2.67. The summed E-state index contributed by atoms with van der Waals surface area (Å²) in [4.78, 5) is 38.5. The van der Waals surface area contributed by atoms with E-state index in [0.717, 1.165) is 6.07 Å². The summed E-state index contributed by atoms with van der Waals surface area (Å²) in [6.07, 6.45) is -3.76. The summed E-state index contributed by atoms with van der Waals surface area (Å²) in [5.41, 5.74) is -8.89. The van der Waals surface area contributed by atoms with Gasteiger partial charge in [0.2, 0.25) is 5.60 Å². The fourth-order valence-electron chi connectivity index (χ4n) is 5.68. The number of hydrogen-bond donors (Lipinski definition) is 4. The molecule has 1 aliphatic heterocycles. The minimum atomic E-state index is -2.92. The lowest BCUT2D eigenvalue weighted by atomic mass is 9.65. The molecule has 1 aromatic heterocycles. The Hall–Kier alpha value is -3.05. The monoisotopic (exact) mass is 444 g/mol. The van der Waals surface area contributed by atoms with Crippen molar-refractivity contribution in [1.82, 2.24) is 0 Å². The van der Waals surface area contributed by atoms with Gasteiger partial charge < -0.3 is 34.3 Å². The number of aliphatic hydroxyl groups excluding tert-OH is 1. The molecule has 2 aromatic rings. The Morgan fingerprint density at radius 2 is 1.81 bits per heavy atom. The maximum absolute atomic E-state index is 13.5. The van der Waals surface area contributed by atoms with Crippen LogP contribution in [0.1, 0.15) is 28.5 Å². The third-order valence-corrected chi connectivity index (χ3v) is 6.99. The van der Waals surface area contributed by atoms with E-state index < -0.39 is 64.6 Å². The number of ether oxygens (including phenoxy) is 2. The van der Waals surface area contributed by atoms with Crippen molar-refractivity contribution in [2.45, 2.75) is 41.3 Å². The molecule has 5 rings (SSSR count). The summed E-state index contributed by atoms with van der Waals surface area (Å²) in [6, 6.07) is 9.75. The van der Waals surface area contributed by atoms with E-state index in [1.165, 1.54) is 25.3 Å². The second kappa shape index (κ2) is 6.48. The second-order valence-electron chi connectivity index (χ2n) is 8.49. The average Bonchev–Trinajstić information content (AvgIpc) is 2.87. The van der Waals surface area contributed by atoms with Crippen molar-refractivity contribution < 1.29 is 43.9 Å². The molecule has 4 N–H and O–H groups in total. The lowest BCUT2D eigenvalue weighted by molar-refractivity contribution is -0.252.